The van der Waals surface area contributed by atoms with Crippen LogP contribution in [0.2, 0.25) is 0 Å². The van der Waals surface area contributed by atoms with Gasteiger partial charge in [0.15, 0.2) is 12.6 Å². The molecule has 622 valence electrons. The maximum atomic E-state index is 13.4. The second kappa shape index (κ2) is 75.2. The molecule has 0 aromatic rings. The summed E-state index contributed by atoms with van der Waals surface area (Å²) in [4.78, 5) is 13.4. The molecule has 0 aliphatic carbocycles. The molecule has 12 atom stereocenters. The number of carbonyl (C=O) groups is 1. The molecule has 2 fully saturated rings. The van der Waals surface area contributed by atoms with Crippen LogP contribution in [0.1, 0.15) is 457 Å². The average molecular weight is 1490 g/mol. The van der Waals surface area contributed by atoms with Gasteiger partial charge >= 0.3 is 0 Å². The minimum absolute atomic E-state index is 0.228. The third-order valence-corrected chi connectivity index (χ3v) is 22.9. The molecule has 12 unspecified atom stereocenters. The Hall–Kier alpha value is -1.53. The molecule has 2 heterocycles. The second-order valence-electron chi connectivity index (χ2n) is 32.8. The number of aliphatic hydroxyl groups excluding tert-OH is 8. The maximum absolute atomic E-state index is 13.4. The van der Waals surface area contributed by atoms with Crippen molar-refractivity contribution in [1.82, 2.24) is 5.32 Å². The first-order chi connectivity index (χ1) is 51.6. The molecule has 1 amide bonds. The second-order valence-corrected chi connectivity index (χ2v) is 32.8. The van der Waals surface area contributed by atoms with Gasteiger partial charge in [0.25, 0.3) is 0 Å². The van der Waals surface area contributed by atoms with Gasteiger partial charge in [0.1, 0.15) is 48.8 Å². The zero-order valence-corrected chi connectivity index (χ0v) is 68.8. The average Bonchev–Trinajstić information content (AvgIpc) is 0.769. The van der Waals surface area contributed by atoms with E-state index in [0.29, 0.717) is 6.42 Å². The zero-order chi connectivity index (χ0) is 75.8. The van der Waals surface area contributed by atoms with Gasteiger partial charge in [-0.05, 0) is 44.9 Å². The summed E-state index contributed by atoms with van der Waals surface area (Å²) in [5.41, 5.74) is 0. The Morgan fingerprint density at radius 1 is 0.333 bits per heavy atom. The molecule has 2 aliphatic rings. The maximum Gasteiger partial charge on any atom is 0.220 e. The van der Waals surface area contributed by atoms with Crippen LogP contribution in [0, 0.1) is 0 Å². The number of nitrogens with one attached hydrogen (secondary N) is 1. The normalized spacial score (nSPS) is 21.4. The fourth-order valence-corrected chi connectivity index (χ4v) is 15.7. The van der Waals surface area contributed by atoms with Gasteiger partial charge in [0.2, 0.25) is 5.91 Å². The Labute approximate surface area is 647 Å². The smallest absolute Gasteiger partial charge is 0.220 e. The number of aliphatic hydroxyl groups is 8. The Kier molecular flexibility index (Phi) is 71.3. The molecule has 2 aliphatic heterocycles. The molecule has 2 rings (SSSR count). The molecule has 14 nitrogen and oxygen atoms in total. The first-order valence-corrected chi connectivity index (χ1v) is 46.1. The van der Waals surface area contributed by atoms with Gasteiger partial charge in [-0.2, -0.15) is 0 Å². The van der Waals surface area contributed by atoms with Gasteiger partial charge < -0.3 is 65.1 Å². The van der Waals surface area contributed by atoms with E-state index in [2.05, 4.69) is 31.3 Å². The topological polar surface area (TPSA) is 228 Å². The predicted octanol–water partition coefficient (Wildman–Crippen LogP) is 22.5. The summed E-state index contributed by atoms with van der Waals surface area (Å²) in [6.45, 7) is 2.88. The van der Waals surface area contributed by atoms with Crippen molar-refractivity contribution in [1.29, 1.82) is 0 Å². The highest BCUT2D eigenvalue weighted by atomic mass is 16.7. The van der Waals surface area contributed by atoms with E-state index >= 15 is 0 Å². The number of unbranched alkanes of at least 4 members (excludes halogenated alkanes) is 65. The molecule has 0 saturated carbocycles. The van der Waals surface area contributed by atoms with Crippen molar-refractivity contribution in [3.8, 4) is 0 Å². The molecule has 105 heavy (non-hydrogen) atoms. The minimum Gasteiger partial charge on any atom is -0.394 e. The van der Waals surface area contributed by atoms with Crippen molar-refractivity contribution in [3.05, 3.63) is 24.3 Å². The van der Waals surface area contributed by atoms with Gasteiger partial charge in [-0.3, -0.25) is 4.79 Å². The highest BCUT2D eigenvalue weighted by molar-refractivity contribution is 5.76. The van der Waals surface area contributed by atoms with Crippen LogP contribution in [0.3, 0.4) is 0 Å². The minimum atomic E-state index is -1.79. The van der Waals surface area contributed by atoms with Crippen LogP contribution in [0.15, 0.2) is 24.3 Å². The van der Waals surface area contributed by atoms with E-state index < -0.39 is 86.8 Å². The summed E-state index contributed by atoms with van der Waals surface area (Å²) >= 11 is 0. The molecule has 0 bridgehead atoms. The number of hydrogen-bond acceptors (Lipinski definition) is 13. The SMILES string of the molecule is CCCCCCCCCC/C=C\CCCCCCCCCCCCCCCCCCCCCCCCCCCCCCCC(=O)NC(COC1OC(CO)C(OC2OC(CO)C(O)C(O)C2O)C(O)C1O)C(O)/C=C/CCCCCCCCCCCCCCCCCCCCCCCCCCCCCC. The Morgan fingerprint density at radius 2 is 0.600 bits per heavy atom. The van der Waals surface area contributed by atoms with Crippen LogP contribution in [0.5, 0.6) is 0 Å². The molecular formula is C91H175NO13. The van der Waals surface area contributed by atoms with Crippen LogP contribution in [-0.4, -0.2) is 140 Å². The van der Waals surface area contributed by atoms with Crippen LogP contribution >= 0.6 is 0 Å². The van der Waals surface area contributed by atoms with E-state index in [1.807, 2.05) is 6.08 Å². The van der Waals surface area contributed by atoms with E-state index in [1.54, 1.807) is 6.08 Å². The molecule has 2 saturated heterocycles. The standard InChI is InChI=1S/C91H175NO13/c1-3-5-7-9-11-13-15-17-19-21-23-25-27-29-31-33-35-36-37-38-39-40-41-42-43-44-45-47-49-51-53-55-57-59-61-63-65-67-69-71-73-75-83(96)92-79(78-102-90-88(101)86(99)89(82(77-94)104-90)105-91-87(100)85(98)84(97)81(76-93)103-91)80(95)74-72-70-68-66-64-62-60-58-56-54-52-50-48-46-34-32-30-28-26-24-22-20-18-16-14-12-10-8-6-4-2/h21,23,72,74,79-82,84-91,93-95,97-101H,3-20,22,24-71,73,75-78H2,1-2H3,(H,92,96)/b23-21-,74-72+. The van der Waals surface area contributed by atoms with Crippen LogP contribution < -0.4 is 5.32 Å². The largest absolute Gasteiger partial charge is 0.394 e. The van der Waals surface area contributed by atoms with Crippen LogP contribution in [-0.2, 0) is 23.7 Å². The zero-order valence-electron chi connectivity index (χ0n) is 68.8. The van der Waals surface area contributed by atoms with Crippen molar-refractivity contribution in [2.75, 3.05) is 19.8 Å². The first-order valence-electron chi connectivity index (χ1n) is 46.1. The summed E-state index contributed by atoms with van der Waals surface area (Å²) in [5, 5.41) is 87.9. The fraction of sp³-hybridized carbons (Fsp3) is 0.945. The third kappa shape index (κ3) is 57.2. The molecular weight excluding hydrogens is 1310 g/mol. The quantitative estimate of drug-likeness (QED) is 0.0204. The van der Waals surface area contributed by atoms with E-state index in [0.717, 1.165) is 38.5 Å². The molecule has 14 heteroatoms. The van der Waals surface area contributed by atoms with Gasteiger partial charge in [-0.1, -0.05) is 430 Å². The first kappa shape index (κ1) is 99.5. The third-order valence-electron chi connectivity index (χ3n) is 22.9. The van der Waals surface area contributed by atoms with E-state index in [-0.39, 0.29) is 18.9 Å². The van der Waals surface area contributed by atoms with Crippen molar-refractivity contribution < 1.29 is 64.6 Å². The van der Waals surface area contributed by atoms with E-state index in [4.69, 9.17) is 18.9 Å². The summed E-state index contributed by atoms with van der Waals surface area (Å²) in [5.74, 6) is -0.228. The summed E-state index contributed by atoms with van der Waals surface area (Å²) in [6.07, 6.45) is 83.1. The summed E-state index contributed by atoms with van der Waals surface area (Å²) < 4.78 is 23.0. The van der Waals surface area contributed by atoms with Crippen molar-refractivity contribution in [3.63, 3.8) is 0 Å². The molecule has 0 radical (unpaired) electrons. The lowest BCUT2D eigenvalue weighted by Gasteiger charge is -2.46. The van der Waals surface area contributed by atoms with E-state index in [1.165, 1.54) is 392 Å². The monoisotopic (exact) mass is 1490 g/mol. The van der Waals surface area contributed by atoms with Crippen molar-refractivity contribution >= 4 is 5.91 Å². The lowest BCUT2D eigenvalue weighted by atomic mass is 9.97. The molecule has 0 spiro atoms. The van der Waals surface area contributed by atoms with Crippen molar-refractivity contribution in [2.24, 2.45) is 0 Å². The number of ether oxygens (including phenoxy) is 4. The number of carbonyl (C=O) groups excluding carboxylic acids is 1. The molecule has 0 aromatic carbocycles. The Balaban J connectivity index is 1.54. The van der Waals surface area contributed by atoms with Gasteiger partial charge in [-0.25, -0.2) is 0 Å². The van der Waals surface area contributed by atoms with Crippen molar-refractivity contribution in [2.45, 2.75) is 530 Å². The Morgan fingerprint density at radius 3 is 0.905 bits per heavy atom. The van der Waals surface area contributed by atoms with Crippen LogP contribution in [0.25, 0.3) is 0 Å². The lowest BCUT2D eigenvalue weighted by molar-refractivity contribution is -0.359. The number of allylic oxidation sites excluding steroid dienone is 3. The van der Waals surface area contributed by atoms with Crippen LogP contribution in [0.4, 0.5) is 0 Å². The van der Waals surface area contributed by atoms with Gasteiger partial charge in [0, 0.05) is 6.42 Å². The highest BCUT2D eigenvalue weighted by Gasteiger charge is 2.51. The number of hydrogen-bond donors (Lipinski definition) is 9. The predicted molar refractivity (Wildman–Crippen MR) is 438 cm³/mol. The van der Waals surface area contributed by atoms with Gasteiger partial charge in [0.05, 0.1) is 32.0 Å². The van der Waals surface area contributed by atoms with E-state index in [9.17, 15) is 45.6 Å². The highest BCUT2D eigenvalue weighted by Crippen LogP contribution is 2.31. The van der Waals surface area contributed by atoms with Gasteiger partial charge in [-0.15, -0.1) is 0 Å². The Bertz CT molecular complexity index is 1860. The fourth-order valence-electron chi connectivity index (χ4n) is 15.7. The summed E-state index contributed by atoms with van der Waals surface area (Å²) in [6, 6.07) is -0.914. The molecule has 9 N–H and O–H groups in total. The number of amides is 1. The number of rotatable bonds is 80. The molecule has 0 aromatic heterocycles. The lowest BCUT2D eigenvalue weighted by Crippen LogP contribution is -2.65. The summed E-state index contributed by atoms with van der Waals surface area (Å²) in [7, 11) is 0.